The molecule has 0 radical (unpaired) electrons. The Kier molecular flexibility index (Phi) is 3.44. The first-order valence-electron chi connectivity index (χ1n) is 5.42. The second-order valence-electron chi connectivity index (χ2n) is 3.62. The minimum absolute atomic E-state index is 0.0839. The number of hydrogen-bond acceptors (Lipinski definition) is 4. The maximum atomic E-state index is 11.2. The van der Waals surface area contributed by atoms with Crippen LogP contribution in [-0.2, 0) is 16.4 Å². The van der Waals surface area contributed by atoms with Gasteiger partial charge in [0.25, 0.3) is 0 Å². The molecule has 1 heterocycles. The number of oxazole rings is 1. The lowest BCUT2D eigenvalue weighted by molar-refractivity contribution is 0.523. The normalized spacial score (nSPS) is 12.1. The van der Waals surface area contributed by atoms with Crippen LogP contribution >= 0.6 is 0 Å². The molecule has 1 aromatic carbocycles. The molecule has 17 heavy (non-hydrogen) atoms. The summed E-state index contributed by atoms with van der Waals surface area (Å²) in [6, 6.07) is 7.45. The highest BCUT2D eigenvalue weighted by atomic mass is 32.2. The van der Waals surface area contributed by atoms with Gasteiger partial charge in [-0.15, -0.1) is 0 Å². The van der Waals surface area contributed by atoms with Crippen LogP contribution in [0.1, 0.15) is 12.8 Å². The molecular weight excluding hydrogens is 240 g/mol. The van der Waals surface area contributed by atoms with Crippen LogP contribution in [0.25, 0.3) is 11.1 Å². The highest BCUT2D eigenvalue weighted by Gasteiger charge is 2.08. The van der Waals surface area contributed by atoms with E-state index in [1.54, 1.807) is 6.92 Å². The van der Waals surface area contributed by atoms with E-state index in [4.69, 9.17) is 4.42 Å². The van der Waals surface area contributed by atoms with E-state index in [1.165, 1.54) is 0 Å². The van der Waals surface area contributed by atoms with Gasteiger partial charge in [0.05, 0.1) is 5.75 Å². The van der Waals surface area contributed by atoms with Gasteiger partial charge in [-0.3, -0.25) is 0 Å². The van der Waals surface area contributed by atoms with Gasteiger partial charge < -0.3 is 4.42 Å². The van der Waals surface area contributed by atoms with Crippen LogP contribution in [0.5, 0.6) is 0 Å². The van der Waals surface area contributed by atoms with Crippen molar-refractivity contribution in [2.75, 3.05) is 12.3 Å². The minimum atomic E-state index is -3.14. The van der Waals surface area contributed by atoms with E-state index < -0.39 is 10.0 Å². The molecule has 0 atom stereocenters. The molecular formula is C11H14N2O3S. The van der Waals surface area contributed by atoms with Gasteiger partial charge in [-0.25, -0.2) is 18.1 Å². The third-order valence-corrected chi connectivity index (χ3v) is 3.78. The Morgan fingerprint density at radius 1 is 1.35 bits per heavy atom. The molecule has 2 rings (SSSR count). The third-order valence-electron chi connectivity index (χ3n) is 2.38. The van der Waals surface area contributed by atoms with Crippen molar-refractivity contribution in [3.63, 3.8) is 0 Å². The second kappa shape index (κ2) is 4.85. The highest BCUT2D eigenvalue weighted by Crippen LogP contribution is 2.14. The van der Waals surface area contributed by atoms with Gasteiger partial charge in [0.15, 0.2) is 11.5 Å². The van der Waals surface area contributed by atoms with Gasteiger partial charge in [-0.05, 0) is 19.1 Å². The van der Waals surface area contributed by atoms with Crippen molar-refractivity contribution < 1.29 is 12.8 Å². The quantitative estimate of drug-likeness (QED) is 0.873. The van der Waals surface area contributed by atoms with E-state index in [9.17, 15) is 8.42 Å². The Balaban J connectivity index is 2.00. The number of para-hydroxylation sites is 2. The number of sulfonamides is 1. The van der Waals surface area contributed by atoms with Crippen LogP contribution in [0.2, 0.25) is 0 Å². The van der Waals surface area contributed by atoms with Gasteiger partial charge in [0.2, 0.25) is 10.0 Å². The van der Waals surface area contributed by atoms with Crippen molar-refractivity contribution in [1.29, 1.82) is 0 Å². The summed E-state index contributed by atoms with van der Waals surface area (Å²) in [6.07, 6.45) is 0.452. The SMILES string of the molecule is CCS(=O)(=O)NCCc1nc2ccccc2o1. The number of rotatable bonds is 5. The summed E-state index contributed by atoms with van der Waals surface area (Å²) in [5.41, 5.74) is 1.52. The molecule has 0 saturated carbocycles. The fourth-order valence-corrected chi connectivity index (χ4v) is 2.06. The summed E-state index contributed by atoms with van der Waals surface area (Å²) in [7, 11) is -3.14. The maximum absolute atomic E-state index is 11.2. The van der Waals surface area contributed by atoms with Crippen LogP contribution in [0.4, 0.5) is 0 Å². The van der Waals surface area contributed by atoms with E-state index >= 15 is 0 Å². The average molecular weight is 254 g/mol. The van der Waals surface area contributed by atoms with Crippen molar-refractivity contribution in [3.8, 4) is 0 Å². The fraction of sp³-hybridized carbons (Fsp3) is 0.364. The standard InChI is InChI=1S/C11H14N2O3S/c1-2-17(14,15)12-8-7-11-13-9-5-3-4-6-10(9)16-11/h3-6,12H,2,7-8H2,1H3. The zero-order valence-electron chi connectivity index (χ0n) is 9.51. The Bertz CT molecular complexity index is 571. The number of benzene rings is 1. The Hall–Kier alpha value is -1.40. The van der Waals surface area contributed by atoms with Crippen LogP contribution in [-0.4, -0.2) is 25.7 Å². The van der Waals surface area contributed by atoms with E-state index in [2.05, 4.69) is 9.71 Å². The Morgan fingerprint density at radius 2 is 2.12 bits per heavy atom. The molecule has 2 aromatic rings. The maximum Gasteiger partial charge on any atom is 0.211 e. The van der Waals surface area contributed by atoms with E-state index in [0.717, 1.165) is 11.1 Å². The van der Waals surface area contributed by atoms with E-state index in [-0.39, 0.29) is 5.75 Å². The number of fused-ring (bicyclic) bond motifs is 1. The van der Waals surface area contributed by atoms with Crippen molar-refractivity contribution >= 4 is 21.1 Å². The first kappa shape index (κ1) is 12.1. The summed E-state index contributed by atoms with van der Waals surface area (Å²) < 4.78 is 30.3. The number of aromatic nitrogens is 1. The first-order chi connectivity index (χ1) is 8.11. The summed E-state index contributed by atoms with van der Waals surface area (Å²) in [4.78, 5) is 4.26. The molecule has 0 amide bonds. The molecule has 0 unspecified atom stereocenters. The van der Waals surface area contributed by atoms with Gasteiger partial charge in [-0.2, -0.15) is 0 Å². The van der Waals surface area contributed by atoms with Crippen molar-refractivity contribution in [1.82, 2.24) is 9.71 Å². The molecule has 0 aliphatic rings. The van der Waals surface area contributed by atoms with E-state index in [0.29, 0.717) is 18.9 Å². The van der Waals surface area contributed by atoms with Gasteiger partial charge >= 0.3 is 0 Å². The van der Waals surface area contributed by atoms with Gasteiger partial charge in [0.1, 0.15) is 5.52 Å². The Labute approximate surface area is 99.9 Å². The predicted molar refractivity (Wildman–Crippen MR) is 65.2 cm³/mol. The zero-order valence-corrected chi connectivity index (χ0v) is 10.3. The topological polar surface area (TPSA) is 72.2 Å². The van der Waals surface area contributed by atoms with Crippen LogP contribution in [0.3, 0.4) is 0 Å². The van der Waals surface area contributed by atoms with Crippen LogP contribution in [0, 0.1) is 0 Å². The monoisotopic (exact) mass is 254 g/mol. The summed E-state index contributed by atoms with van der Waals surface area (Å²) >= 11 is 0. The van der Waals surface area contributed by atoms with Crippen molar-refractivity contribution in [3.05, 3.63) is 30.2 Å². The molecule has 1 aromatic heterocycles. The van der Waals surface area contributed by atoms with Crippen LogP contribution in [0.15, 0.2) is 28.7 Å². The van der Waals surface area contributed by atoms with Gasteiger partial charge in [0, 0.05) is 13.0 Å². The lowest BCUT2D eigenvalue weighted by Gasteiger charge is -2.01. The smallest absolute Gasteiger partial charge is 0.211 e. The summed E-state index contributed by atoms with van der Waals surface area (Å²) in [6.45, 7) is 1.91. The second-order valence-corrected chi connectivity index (χ2v) is 5.72. The number of hydrogen-bond donors (Lipinski definition) is 1. The number of nitrogens with one attached hydrogen (secondary N) is 1. The molecule has 0 saturated heterocycles. The molecule has 92 valence electrons. The zero-order chi connectivity index (χ0) is 12.3. The highest BCUT2D eigenvalue weighted by molar-refractivity contribution is 7.89. The lowest BCUT2D eigenvalue weighted by Crippen LogP contribution is -2.27. The average Bonchev–Trinajstić information content (AvgIpc) is 2.71. The summed E-state index contributed by atoms with van der Waals surface area (Å²) in [5, 5.41) is 0. The third kappa shape index (κ3) is 3.04. The molecule has 0 aliphatic carbocycles. The van der Waals surface area contributed by atoms with Crippen molar-refractivity contribution in [2.45, 2.75) is 13.3 Å². The molecule has 0 fully saturated rings. The molecule has 6 heteroatoms. The van der Waals surface area contributed by atoms with Crippen molar-refractivity contribution in [2.24, 2.45) is 0 Å². The molecule has 0 aliphatic heterocycles. The number of nitrogens with zero attached hydrogens (tertiary/aromatic N) is 1. The fourth-order valence-electron chi connectivity index (χ4n) is 1.44. The van der Waals surface area contributed by atoms with Gasteiger partial charge in [-0.1, -0.05) is 12.1 Å². The Morgan fingerprint density at radius 3 is 2.82 bits per heavy atom. The first-order valence-corrected chi connectivity index (χ1v) is 7.08. The van der Waals surface area contributed by atoms with Crippen LogP contribution < -0.4 is 4.72 Å². The van der Waals surface area contributed by atoms with E-state index in [1.807, 2.05) is 24.3 Å². The molecule has 0 spiro atoms. The predicted octanol–water partition coefficient (Wildman–Crippen LogP) is 1.31. The minimum Gasteiger partial charge on any atom is -0.441 e. The summed E-state index contributed by atoms with van der Waals surface area (Å²) in [5.74, 6) is 0.630. The molecule has 0 bridgehead atoms. The molecule has 1 N–H and O–H groups in total. The molecule has 5 nitrogen and oxygen atoms in total. The lowest BCUT2D eigenvalue weighted by atomic mass is 10.3. The largest absolute Gasteiger partial charge is 0.441 e.